The van der Waals surface area contributed by atoms with Crippen molar-refractivity contribution in [2.24, 2.45) is 0 Å². The van der Waals surface area contributed by atoms with Gasteiger partial charge in [-0.25, -0.2) is 14.6 Å². The van der Waals surface area contributed by atoms with Crippen LogP contribution in [-0.4, -0.2) is 22.1 Å². The van der Waals surface area contributed by atoms with Gasteiger partial charge in [-0.3, -0.25) is 0 Å². The molecule has 0 aromatic carbocycles. The van der Waals surface area contributed by atoms with Crippen molar-refractivity contribution in [1.29, 1.82) is 0 Å². The Hall–Kier alpha value is -2.11. The first kappa shape index (κ1) is 13.3. The lowest BCUT2D eigenvalue weighted by Gasteiger charge is -2.04. The molecule has 102 valence electrons. The average Bonchev–Trinajstić information content (AvgIpc) is 2.74. The van der Waals surface area contributed by atoms with Crippen molar-refractivity contribution in [2.75, 3.05) is 6.54 Å². The Morgan fingerprint density at radius 1 is 1.42 bits per heavy atom. The van der Waals surface area contributed by atoms with Gasteiger partial charge < -0.3 is 9.73 Å². The summed E-state index contributed by atoms with van der Waals surface area (Å²) in [5.74, 6) is -0.709. The molecule has 19 heavy (non-hydrogen) atoms. The number of amides is 1. The fourth-order valence-corrected chi connectivity index (χ4v) is 1.86. The lowest BCUT2D eigenvalue weighted by atomic mass is 10.2. The first-order valence-electron chi connectivity index (χ1n) is 6.49. The van der Waals surface area contributed by atoms with E-state index in [1.165, 1.54) is 6.20 Å². The number of hydrogen-bond acceptors (Lipinski definition) is 4. The third-order valence-electron chi connectivity index (χ3n) is 2.85. The van der Waals surface area contributed by atoms with E-state index < -0.39 is 11.8 Å². The summed E-state index contributed by atoms with van der Waals surface area (Å²) in [6, 6.07) is 2.77. The van der Waals surface area contributed by atoms with Crippen LogP contribution in [0.15, 0.2) is 27.5 Å². The Balaban J connectivity index is 2.05. The minimum atomic E-state index is -0.709. The van der Waals surface area contributed by atoms with Crippen LogP contribution in [-0.2, 0) is 0 Å². The van der Waals surface area contributed by atoms with E-state index >= 15 is 0 Å². The number of carbonyl (C=O) groups is 1. The zero-order chi connectivity index (χ0) is 13.7. The molecule has 1 amide bonds. The zero-order valence-electron chi connectivity index (χ0n) is 10.9. The number of aromatic nitrogens is 2. The molecule has 0 spiro atoms. The van der Waals surface area contributed by atoms with Crippen LogP contribution in [0, 0.1) is 0 Å². The van der Waals surface area contributed by atoms with E-state index in [9.17, 15) is 9.59 Å². The number of pyridine rings is 1. The molecule has 0 fully saturated rings. The highest BCUT2D eigenvalue weighted by molar-refractivity contribution is 5.85. The summed E-state index contributed by atoms with van der Waals surface area (Å²) in [7, 11) is 0. The van der Waals surface area contributed by atoms with E-state index in [0.717, 1.165) is 30.3 Å². The summed E-state index contributed by atoms with van der Waals surface area (Å²) in [6.45, 7) is 2.67. The summed E-state index contributed by atoms with van der Waals surface area (Å²) < 4.78 is 5.87. The van der Waals surface area contributed by atoms with Crippen molar-refractivity contribution >= 4 is 17.3 Å². The van der Waals surface area contributed by atoms with Crippen LogP contribution in [0.5, 0.6) is 0 Å². The molecule has 0 aliphatic carbocycles. The Morgan fingerprint density at radius 2 is 2.26 bits per heavy atom. The van der Waals surface area contributed by atoms with Gasteiger partial charge in [-0.05, 0) is 18.6 Å². The van der Waals surface area contributed by atoms with Gasteiger partial charge in [-0.1, -0.05) is 26.2 Å². The lowest BCUT2D eigenvalue weighted by Crippen LogP contribution is -2.34. The Bertz CT molecular complexity index is 615. The number of unbranched alkanes of at least 4 members (excludes halogenated alkanes) is 3. The maximum absolute atomic E-state index is 11.9. The predicted octanol–water partition coefficient (Wildman–Crippen LogP) is 2.13. The van der Waals surface area contributed by atoms with Crippen LogP contribution < -0.4 is 11.1 Å². The van der Waals surface area contributed by atoms with E-state index in [-0.39, 0.29) is 5.65 Å². The molecule has 6 heteroatoms. The van der Waals surface area contributed by atoms with Gasteiger partial charge in [0.15, 0.2) is 11.2 Å². The third kappa shape index (κ3) is 3.01. The molecule has 1 N–H and O–H groups in total. The number of oxazole rings is 1. The van der Waals surface area contributed by atoms with Gasteiger partial charge in [-0.15, -0.1) is 0 Å². The van der Waals surface area contributed by atoms with E-state index in [1.807, 2.05) is 0 Å². The SMILES string of the molecule is CCCCCCNC(=O)n1c(=O)oc2cccnc21. The number of hydrogen-bond donors (Lipinski definition) is 1. The van der Waals surface area contributed by atoms with Gasteiger partial charge in [0.1, 0.15) is 0 Å². The normalized spacial score (nSPS) is 10.8. The van der Waals surface area contributed by atoms with Gasteiger partial charge in [0.2, 0.25) is 0 Å². The van der Waals surface area contributed by atoms with Crippen LogP contribution in [0.3, 0.4) is 0 Å². The van der Waals surface area contributed by atoms with Crippen LogP contribution in [0.1, 0.15) is 32.6 Å². The third-order valence-corrected chi connectivity index (χ3v) is 2.85. The number of rotatable bonds is 5. The molecule has 0 saturated carbocycles. The maximum atomic E-state index is 11.9. The standard InChI is InChI=1S/C13H17N3O3/c1-2-3-4-5-8-15-12(17)16-11-10(19-13(16)18)7-6-9-14-11/h6-7,9H,2-5,8H2,1H3,(H,15,17). The molecule has 2 heterocycles. The highest BCUT2D eigenvalue weighted by Crippen LogP contribution is 2.07. The Labute approximate surface area is 110 Å². The first-order valence-corrected chi connectivity index (χ1v) is 6.49. The van der Waals surface area contributed by atoms with Gasteiger partial charge >= 0.3 is 11.8 Å². The maximum Gasteiger partial charge on any atom is 0.429 e. The molecule has 6 nitrogen and oxygen atoms in total. The molecule has 0 bridgehead atoms. The first-order chi connectivity index (χ1) is 9.24. The van der Waals surface area contributed by atoms with Crippen LogP contribution in [0.4, 0.5) is 4.79 Å². The Morgan fingerprint density at radius 3 is 3.05 bits per heavy atom. The van der Waals surface area contributed by atoms with E-state index in [4.69, 9.17) is 4.42 Å². The summed E-state index contributed by atoms with van der Waals surface area (Å²) in [6.07, 6.45) is 5.77. The summed E-state index contributed by atoms with van der Waals surface area (Å²) >= 11 is 0. The van der Waals surface area contributed by atoms with Crippen molar-refractivity contribution in [3.63, 3.8) is 0 Å². The van der Waals surface area contributed by atoms with Gasteiger partial charge in [0.25, 0.3) is 0 Å². The number of fused-ring (bicyclic) bond motifs is 1. The summed E-state index contributed by atoms with van der Waals surface area (Å²) in [4.78, 5) is 27.5. The van der Waals surface area contributed by atoms with Gasteiger partial charge in [-0.2, -0.15) is 4.57 Å². The van der Waals surface area contributed by atoms with Crippen molar-refractivity contribution in [1.82, 2.24) is 14.9 Å². The Kier molecular flexibility index (Phi) is 4.33. The number of carbonyl (C=O) groups excluding carboxylic acids is 1. The molecular formula is C13H17N3O3. The highest BCUT2D eigenvalue weighted by atomic mass is 16.4. The van der Waals surface area contributed by atoms with Crippen molar-refractivity contribution < 1.29 is 9.21 Å². The molecule has 0 radical (unpaired) electrons. The van der Waals surface area contributed by atoms with E-state index in [0.29, 0.717) is 12.1 Å². The molecule has 2 aromatic rings. The topological polar surface area (TPSA) is 77.1 Å². The largest absolute Gasteiger partial charge is 0.429 e. The average molecular weight is 263 g/mol. The summed E-state index contributed by atoms with van der Waals surface area (Å²) in [5, 5.41) is 2.70. The molecule has 0 aliphatic rings. The van der Waals surface area contributed by atoms with E-state index in [2.05, 4.69) is 17.2 Å². The van der Waals surface area contributed by atoms with Crippen LogP contribution in [0.2, 0.25) is 0 Å². The fraction of sp³-hybridized carbons (Fsp3) is 0.462. The minimum Gasteiger partial charge on any atom is -0.406 e. The molecule has 0 atom stereocenters. The van der Waals surface area contributed by atoms with Crippen molar-refractivity contribution in [3.05, 3.63) is 28.9 Å². The molecule has 0 saturated heterocycles. The molecule has 0 aliphatic heterocycles. The van der Waals surface area contributed by atoms with Gasteiger partial charge in [0.05, 0.1) is 0 Å². The molecule has 0 unspecified atom stereocenters. The van der Waals surface area contributed by atoms with E-state index in [1.54, 1.807) is 12.1 Å². The second-order valence-electron chi connectivity index (χ2n) is 4.32. The second kappa shape index (κ2) is 6.17. The number of nitrogens with zero attached hydrogens (tertiary/aromatic N) is 2. The minimum absolute atomic E-state index is 0.249. The smallest absolute Gasteiger partial charge is 0.406 e. The molecule has 2 aromatic heterocycles. The quantitative estimate of drug-likeness (QED) is 0.838. The molecular weight excluding hydrogens is 246 g/mol. The summed E-state index contributed by atoms with van der Waals surface area (Å²) in [5.41, 5.74) is 0.562. The fourth-order valence-electron chi connectivity index (χ4n) is 1.86. The molecule has 2 rings (SSSR count). The number of nitrogens with one attached hydrogen (secondary N) is 1. The second-order valence-corrected chi connectivity index (χ2v) is 4.32. The monoisotopic (exact) mass is 263 g/mol. The zero-order valence-corrected chi connectivity index (χ0v) is 10.9. The van der Waals surface area contributed by atoms with Crippen LogP contribution in [0.25, 0.3) is 11.2 Å². The highest BCUT2D eigenvalue weighted by Gasteiger charge is 2.15. The predicted molar refractivity (Wildman–Crippen MR) is 71.2 cm³/mol. The van der Waals surface area contributed by atoms with Gasteiger partial charge in [0, 0.05) is 12.7 Å². The van der Waals surface area contributed by atoms with Crippen molar-refractivity contribution in [3.8, 4) is 0 Å². The van der Waals surface area contributed by atoms with Crippen molar-refractivity contribution in [2.45, 2.75) is 32.6 Å². The van der Waals surface area contributed by atoms with Crippen LogP contribution >= 0.6 is 0 Å². The lowest BCUT2D eigenvalue weighted by molar-refractivity contribution is 0.241.